The molecule has 0 bridgehead atoms. The maximum Gasteiger partial charge on any atom is 0.163 e. The lowest BCUT2D eigenvalue weighted by atomic mass is 9.87. The van der Waals surface area contributed by atoms with Crippen molar-refractivity contribution >= 4 is 11.5 Å². The van der Waals surface area contributed by atoms with E-state index in [2.05, 4.69) is 16.8 Å². The van der Waals surface area contributed by atoms with Crippen molar-refractivity contribution in [1.82, 2.24) is 9.88 Å². The summed E-state index contributed by atoms with van der Waals surface area (Å²) in [5, 5.41) is 0. The Morgan fingerprint density at radius 1 is 1.17 bits per heavy atom. The fourth-order valence-corrected chi connectivity index (χ4v) is 5.41. The van der Waals surface area contributed by atoms with Gasteiger partial charge in [-0.1, -0.05) is 18.2 Å². The molecule has 0 amide bonds. The van der Waals surface area contributed by atoms with E-state index in [4.69, 9.17) is 9.73 Å². The lowest BCUT2D eigenvalue weighted by Crippen LogP contribution is -2.42. The predicted octanol–water partition coefficient (Wildman–Crippen LogP) is 5.76. The number of aromatic nitrogens is 1. The number of halogens is 1. The number of likely N-dealkylation sites (tertiary alicyclic amines) is 1. The van der Waals surface area contributed by atoms with Gasteiger partial charge in [-0.3, -0.25) is 19.7 Å². The minimum atomic E-state index is -0.250. The molecule has 1 fully saturated rings. The van der Waals surface area contributed by atoms with Gasteiger partial charge in [-0.05, 0) is 68.5 Å². The molecule has 2 aromatic carbocycles. The van der Waals surface area contributed by atoms with Gasteiger partial charge >= 0.3 is 0 Å². The molecule has 5 nitrogen and oxygen atoms in total. The number of hydrogen-bond donors (Lipinski definition) is 0. The summed E-state index contributed by atoms with van der Waals surface area (Å²) in [5.74, 6) is 0.703. The number of Topliss-reactive ketones (excluding diaryl/α,β-unsaturated/α-hetero) is 1. The monoisotopic (exact) mass is 485 g/mol. The zero-order chi connectivity index (χ0) is 25.2. The third-order valence-electron chi connectivity index (χ3n) is 7.50. The zero-order valence-corrected chi connectivity index (χ0v) is 21.1. The average Bonchev–Trinajstić information content (AvgIpc) is 3.30. The lowest BCUT2D eigenvalue weighted by Gasteiger charge is -2.38. The number of piperidine rings is 1. The van der Waals surface area contributed by atoms with Gasteiger partial charge in [0, 0.05) is 59.7 Å². The highest BCUT2D eigenvalue weighted by molar-refractivity contribution is 6.16. The number of pyridine rings is 1. The normalized spacial score (nSPS) is 19.6. The molecule has 186 valence electrons. The van der Waals surface area contributed by atoms with Crippen LogP contribution in [0.1, 0.15) is 64.5 Å². The molecular formula is C30H32FN3O2. The van der Waals surface area contributed by atoms with E-state index in [-0.39, 0.29) is 17.5 Å². The van der Waals surface area contributed by atoms with Crippen molar-refractivity contribution in [2.75, 3.05) is 13.7 Å². The maximum atomic E-state index is 14.6. The molecule has 5 rings (SSSR count). The molecule has 3 aromatic rings. The Bertz CT molecular complexity index is 1320. The first-order chi connectivity index (χ1) is 17.4. The number of carbonyl (C=O) groups excluding carboxylic acids is 1. The Morgan fingerprint density at radius 2 is 2.03 bits per heavy atom. The molecule has 1 saturated heterocycles. The van der Waals surface area contributed by atoms with Crippen molar-refractivity contribution < 1.29 is 13.9 Å². The van der Waals surface area contributed by atoms with Gasteiger partial charge in [0.15, 0.2) is 5.78 Å². The van der Waals surface area contributed by atoms with Crippen LogP contribution in [-0.4, -0.2) is 41.1 Å². The summed E-state index contributed by atoms with van der Waals surface area (Å²) in [6.45, 7) is 6.02. The number of nitrogens with zero attached hydrogens (tertiary/aromatic N) is 3. The summed E-state index contributed by atoms with van der Waals surface area (Å²) >= 11 is 0. The quantitative estimate of drug-likeness (QED) is 0.399. The number of aryl methyl sites for hydroxylation is 1. The smallest absolute Gasteiger partial charge is 0.163 e. The third-order valence-corrected chi connectivity index (χ3v) is 7.50. The van der Waals surface area contributed by atoms with Gasteiger partial charge in [-0.2, -0.15) is 0 Å². The molecule has 0 spiro atoms. The Labute approximate surface area is 212 Å². The molecule has 2 atom stereocenters. The van der Waals surface area contributed by atoms with Crippen molar-refractivity contribution in [1.29, 1.82) is 0 Å². The SMILES string of the molecule is COc1cccc(F)c1CN1CC(CC(=O)c2ccc3c(c2)C(c2ccnc(C)c2)=NC3)CCC1C. The number of fused-ring (bicyclic) bond motifs is 1. The number of ketones is 1. The molecule has 2 aliphatic rings. The van der Waals surface area contributed by atoms with Gasteiger partial charge in [0.1, 0.15) is 11.6 Å². The van der Waals surface area contributed by atoms with Gasteiger partial charge in [-0.25, -0.2) is 4.39 Å². The van der Waals surface area contributed by atoms with Gasteiger partial charge in [-0.15, -0.1) is 0 Å². The van der Waals surface area contributed by atoms with Gasteiger partial charge in [0.25, 0.3) is 0 Å². The minimum absolute atomic E-state index is 0.151. The molecule has 0 N–H and O–H groups in total. The van der Waals surface area contributed by atoms with E-state index in [0.29, 0.717) is 36.9 Å². The minimum Gasteiger partial charge on any atom is -0.496 e. The lowest BCUT2D eigenvalue weighted by molar-refractivity contribution is 0.0822. The number of ether oxygens (including phenoxy) is 1. The van der Waals surface area contributed by atoms with Crippen LogP contribution in [0.4, 0.5) is 4.39 Å². The average molecular weight is 486 g/mol. The van der Waals surface area contributed by atoms with Gasteiger partial charge in [0.05, 0.1) is 19.4 Å². The molecule has 2 unspecified atom stereocenters. The molecule has 0 saturated carbocycles. The first kappa shape index (κ1) is 24.3. The summed E-state index contributed by atoms with van der Waals surface area (Å²) in [5.41, 5.74) is 6.41. The third kappa shape index (κ3) is 4.96. The topological polar surface area (TPSA) is 54.8 Å². The molecular weight excluding hydrogens is 453 g/mol. The number of aliphatic imine (C=N–C) groups is 1. The molecule has 1 aromatic heterocycles. The number of methoxy groups -OCH3 is 1. The van der Waals surface area contributed by atoms with Crippen LogP contribution >= 0.6 is 0 Å². The van der Waals surface area contributed by atoms with Crippen LogP contribution in [0.2, 0.25) is 0 Å². The second kappa shape index (κ2) is 10.3. The first-order valence-electron chi connectivity index (χ1n) is 12.6. The molecule has 36 heavy (non-hydrogen) atoms. The molecule has 6 heteroatoms. The van der Waals surface area contributed by atoms with Gasteiger partial charge < -0.3 is 4.74 Å². The molecule has 0 radical (unpaired) electrons. The summed E-state index contributed by atoms with van der Waals surface area (Å²) in [7, 11) is 1.57. The van der Waals surface area contributed by atoms with Crippen LogP contribution in [0.25, 0.3) is 0 Å². The standard InChI is InChI=1S/C30H32FN3O2/c1-19-13-23(11-12-32-19)30-25-15-22(9-10-24(25)16-33-30)28(35)14-21-8-7-20(2)34(17-21)18-26-27(31)5-4-6-29(26)36-3/h4-6,9-13,15,20-21H,7-8,14,16-18H2,1-3H3. The van der Waals surface area contributed by atoms with Crippen molar-refractivity contribution in [3.8, 4) is 5.75 Å². The van der Waals surface area contributed by atoms with Crippen LogP contribution in [0.3, 0.4) is 0 Å². The highest BCUT2D eigenvalue weighted by Gasteiger charge is 2.29. The van der Waals surface area contributed by atoms with Crippen molar-refractivity contribution in [2.45, 2.75) is 52.2 Å². The van der Waals surface area contributed by atoms with E-state index < -0.39 is 0 Å². The van der Waals surface area contributed by atoms with Crippen LogP contribution < -0.4 is 4.74 Å². The van der Waals surface area contributed by atoms with Crippen LogP contribution in [0, 0.1) is 18.7 Å². The van der Waals surface area contributed by atoms with Crippen molar-refractivity contribution in [2.24, 2.45) is 10.9 Å². The first-order valence-corrected chi connectivity index (χ1v) is 12.6. The van der Waals surface area contributed by atoms with E-state index in [1.807, 2.05) is 37.3 Å². The highest BCUT2D eigenvalue weighted by Crippen LogP contribution is 2.31. The van der Waals surface area contributed by atoms with E-state index >= 15 is 0 Å². The fraction of sp³-hybridized carbons (Fsp3) is 0.367. The summed E-state index contributed by atoms with van der Waals surface area (Å²) < 4.78 is 20.0. The molecule has 0 aliphatic carbocycles. The Hall–Kier alpha value is -3.38. The number of carbonyl (C=O) groups is 1. The van der Waals surface area contributed by atoms with Gasteiger partial charge in [0.2, 0.25) is 0 Å². The van der Waals surface area contributed by atoms with E-state index in [1.54, 1.807) is 25.4 Å². The van der Waals surface area contributed by atoms with Crippen molar-refractivity contribution in [3.63, 3.8) is 0 Å². The zero-order valence-electron chi connectivity index (χ0n) is 21.1. The van der Waals surface area contributed by atoms with Crippen LogP contribution in [-0.2, 0) is 13.1 Å². The van der Waals surface area contributed by atoms with E-state index in [0.717, 1.165) is 53.0 Å². The fourth-order valence-electron chi connectivity index (χ4n) is 5.41. The summed E-state index contributed by atoms with van der Waals surface area (Å²) in [6.07, 6.45) is 4.26. The number of hydrogen-bond acceptors (Lipinski definition) is 5. The van der Waals surface area contributed by atoms with Crippen LogP contribution in [0.5, 0.6) is 5.75 Å². The largest absolute Gasteiger partial charge is 0.496 e. The Kier molecular flexibility index (Phi) is 6.97. The predicted molar refractivity (Wildman–Crippen MR) is 139 cm³/mol. The highest BCUT2D eigenvalue weighted by atomic mass is 19.1. The Balaban J connectivity index is 1.30. The molecule has 2 aliphatic heterocycles. The second-order valence-electron chi connectivity index (χ2n) is 9.99. The Morgan fingerprint density at radius 3 is 2.83 bits per heavy atom. The second-order valence-corrected chi connectivity index (χ2v) is 9.99. The maximum absolute atomic E-state index is 14.6. The molecule has 3 heterocycles. The van der Waals surface area contributed by atoms with E-state index in [1.165, 1.54) is 6.07 Å². The number of benzene rings is 2. The number of rotatable bonds is 7. The van der Waals surface area contributed by atoms with E-state index in [9.17, 15) is 9.18 Å². The van der Waals surface area contributed by atoms with Crippen molar-refractivity contribution in [3.05, 3.63) is 94.1 Å². The summed E-state index contributed by atoms with van der Waals surface area (Å²) in [4.78, 5) is 24.7. The van der Waals surface area contributed by atoms with Crippen LogP contribution in [0.15, 0.2) is 59.7 Å². The summed E-state index contributed by atoms with van der Waals surface area (Å²) in [6, 6.07) is 15.2.